The van der Waals surface area contributed by atoms with Crippen molar-refractivity contribution in [2.75, 3.05) is 7.11 Å². The van der Waals surface area contributed by atoms with Gasteiger partial charge in [0.25, 0.3) is 0 Å². The molecule has 0 fully saturated rings. The normalized spacial score (nSPS) is 14.1. The number of hydrogen-bond donors (Lipinski definition) is 0. The van der Waals surface area contributed by atoms with Gasteiger partial charge in [-0.15, -0.1) is 0 Å². The molecule has 0 bridgehead atoms. The third-order valence-corrected chi connectivity index (χ3v) is 3.59. The molecule has 0 saturated carbocycles. The zero-order valence-corrected chi connectivity index (χ0v) is 12.1. The Labute approximate surface area is 118 Å². The Morgan fingerprint density at radius 2 is 1.60 bits per heavy atom. The Kier molecular flexibility index (Phi) is 4.72. The summed E-state index contributed by atoms with van der Waals surface area (Å²) in [6, 6.07) is 15.9. The van der Waals surface area contributed by atoms with Crippen LogP contribution in [0.1, 0.15) is 11.1 Å². The van der Waals surface area contributed by atoms with E-state index in [9.17, 15) is 9.36 Å². The highest BCUT2D eigenvalue weighted by Crippen LogP contribution is 2.35. The second-order valence-electron chi connectivity index (χ2n) is 4.16. The van der Waals surface area contributed by atoms with Gasteiger partial charge in [0.2, 0.25) is 0 Å². The van der Waals surface area contributed by atoms with Crippen molar-refractivity contribution >= 4 is 15.0 Å². The van der Waals surface area contributed by atoms with E-state index in [0.29, 0.717) is 23.2 Å². The van der Waals surface area contributed by atoms with Crippen LogP contribution in [0, 0.1) is 0 Å². The van der Waals surface area contributed by atoms with Crippen molar-refractivity contribution in [2.24, 2.45) is 0 Å². The number of aldehydes is 1. The summed E-state index contributed by atoms with van der Waals surface area (Å²) in [7, 11) is 0.0349. The molecule has 0 heterocycles. The maximum atomic E-state index is 11.7. The van der Waals surface area contributed by atoms with Gasteiger partial charge in [0.15, 0.2) is 20.6 Å². The summed E-state index contributed by atoms with van der Waals surface area (Å²) in [5.74, 6) is 0.677. The van der Waals surface area contributed by atoms with Crippen LogP contribution in [0.3, 0.4) is 0 Å². The molecule has 0 spiro atoms. The Balaban J connectivity index is 2.56. The average molecular weight is 290 g/mol. The highest BCUT2D eigenvalue weighted by atomic mass is 31.1. The molecule has 0 amide bonds. The maximum Gasteiger partial charge on any atom is 0.181 e. The number of rotatable bonds is 6. The minimum Gasteiger partial charge on any atom is -0.497 e. The van der Waals surface area contributed by atoms with Crippen molar-refractivity contribution in [3.05, 3.63) is 65.7 Å². The van der Waals surface area contributed by atoms with E-state index in [0.717, 1.165) is 0 Å². The van der Waals surface area contributed by atoms with Crippen LogP contribution in [0.25, 0.3) is 0 Å². The van der Waals surface area contributed by atoms with Crippen molar-refractivity contribution in [1.82, 2.24) is 0 Å². The lowest BCUT2D eigenvalue weighted by molar-refractivity contribution is -0.118. The van der Waals surface area contributed by atoms with Crippen molar-refractivity contribution in [3.63, 3.8) is 0 Å². The van der Waals surface area contributed by atoms with Gasteiger partial charge in [0, 0.05) is 0 Å². The van der Waals surface area contributed by atoms with Crippen molar-refractivity contribution in [2.45, 2.75) is 5.60 Å². The van der Waals surface area contributed by atoms with Gasteiger partial charge in [-0.1, -0.05) is 42.5 Å². The largest absolute Gasteiger partial charge is 0.497 e. The molecule has 0 aliphatic carbocycles. The van der Waals surface area contributed by atoms with Crippen molar-refractivity contribution in [3.8, 4) is 5.75 Å². The lowest BCUT2D eigenvalue weighted by Crippen LogP contribution is -2.30. The standard InChI is InChI=1S/C15H15O4P/c1-18-14-9-7-13(8-10-14)15(11-16,19-20-17)12-5-3-2-4-6-12/h2-11H,20H2,1H3. The molecular formula is C15H15O4P. The molecule has 2 atom stereocenters. The number of benzene rings is 2. The highest BCUT2D eigenvalue weighted by molar-refractivity contribution is 7.17. The highest BCUT2D eigenvalue weighted by Gasteiger charge is 2.35. The monoisotopic (exact) mass is 290 g/mol. The molecule has 0 aromatic heterocycles. The molecule has 0 saturated heterocycles. The second-order valence-corrected chi connectivity index (χ2v) is 4.59. The van der Waals surface area contributed by atoms with E-state index >= 15 is 0 Å². The lowest BCUT2D eigenvalue weighted by Gasteiger charge is -2.27. The molecular weight excluding hydrogens is 275 g/mol. The van der Waals surface area contributed by atoms with Gasteiger partial charge in [-0.3, -0.25) is 9.36 Å². The van der Waals surface area contributed by atoms with Gasteiger partial charge < -0.3 is 9.26 Å². The molecule has 4 nitrogen and oxygen atoms in total. The van der Waals surface area contributed by atoms with Crippen LogP contribution in [-0.2, 0) is 19.5 Å². The van der Waals surface area contributed by atoms with E-state index in [4.69, 9.17) is 9.26 Å². The maximum absolute atomic E-state index is 11.7. The zero-order valence-electron chi connectivity index (χ0n) is 11.0. The molecule has 2 aromatic rings. The van der Waals surface area contributed by atoms with Crippen LogP contribution in [0.5, 0.6) is 5.75 Å². The lowest BCUT2D eigenvalue weighted by atomic mass is 9.88. The molecule has 2 rings (SSSR count). The number of ether oxygens (including phenoxy) is 1. The van der Waals surface area contributed by atoms with Gasteiger partial charge in [-0.05, 0) is 23.3 Å². The third kappa shape index (κ3) is 2.67. The Hall–Kier alpha value is -1.90. The number of carbonyl (C=O) groups excluding carboxylic acids is 1. The van der Waals surface area contributed by atoms with Gasteiger partial charge in [0.1, 0.15) is 5.75 Å². The molecule has 104 valence electrons. The first-order valence-corrected chi connectivity index (χ1v) is 6.99. The fourth-order valence-electron chi connectivity index (χ4n) is 2.07. The topological polar surface area (TPSA) is 52.6 Å². The summed E-state index contributed by atoms with van der Waals surface area (Å²) >= 11 is 0. The number of carbonyl (C=O) groups is 1. The fraction of sp³-hybridized carbons (Fsp3) is 0.133. The second kappa shape index (κ2) is 6.51. The number of hydrogen-bond acceptors (Lipinski definition) is 4. The summed E-state index contributed by atoms with van der Waals surface area (Å²) < 4.78 is 21.5. The molecule has 0 radical (unpaired) electrons. The zero-order chi connectivity index (χ0) is 14.4. The first-order valence-electron chi connectivity index (χ1n) is 6.04. The van der Waals surface area contributed by atoms with Gasteiger partial charge in [0.05, 0.1) is 7.11 Å². The quantitative estimate of drug-likeness (QED) is 0.606. The van der Waals surface area contributed by atoms with E-state index in [1.165, 1.54) is 0 Å². The van der Waals surface area contributed by atoms with E-state index in [2.05, 4.69) is 0 Å². The first kappa shape index (κ1) is 14.5. The van der Waals surface area contributed by atoms with Gasteiger partial charge >= 0.3 is 0 Å². The predicted octanol–water partition coefficient (Wildman–Crippen LogP) is 2.83. The molecule has 20 heavy (non-hydrogen) atoms. The van der Waals surface area contributed by atoms with Gasteiger partial charge in [-0.2, -0.15) is 0 Å². The summed E-state index contributed by atoms with van der Waals surface area (Å²) in [6.07, 6.45) is 0.676. The van der Waals surface area contributed by atoms with Crippen LogP contribution in [-0.4, -0.2) is 13.4 Å². The molecule has 0 aliphatic rings. The van der Waals surface area contributed by atoms with E-state index in [-0.39, 0.29) is 0 Å². The van der Waals surface area contributed by atoms with Crippen LogP contribution in [0.2, 0.25) is 0 Å². The Morgan fingerprint density at radius 3 is 2.10 bits per heavy atom. The third-order valence-electron chi connectivity index (χ3n) is 3.12. The summed E-state index contributed by atoms with van der Waals surface area (Å²) in [5, 5.41) is 0. The summed E-state index contributed by atoms with van der Waals surface area (Å²) in [6.45, 7) is 0. The SMILES string of the molecule is COc1ccc(C(C=O)(O[PH2]=O)c2ccccc2)cc1. The van der Waals surface area contributed by atoms with E-state index in [1.54, 1.807) is 55.6 Å². The Morgan fingerprint density at radius 1 is 1.00 bits per heavy atom. The summed E-state index contributed by atoms with van der Waals surface area (Å²) in [5.41, 5.74) is -0.0867. The van der Waals surface area contributed by atoms with Crippen molar-refractivity contribution < 1.29 is 18.6 Å². The molecule has 0 N–H and O–H groups in total. The van der Waals surface area contributed by atoms with Crippen LogP contribution in [0.15, 0.2) is 54.6 Å². The average Bonchev–Trinajstić information content (AvgIpc) is 2.54. The fourth-order valence-corrected chi connectivity index (χ4v) is 2.55. The molecule has 0 aliphatic heterocycles. The predicted molar refractivity (Wildman–Crippen MR) is 77.8 cm³/mol. The minimum atomic E-state index is -1.53. The number of methoxy groups -OCH3 is 1. The van der Waals surface area contributed by atoms with Crippen LogP contribution >= 0.6 is 8.69 Å². The first-order chi connectivity index (χ1) is 9.76. The van der Waals surface area contributed by atoms with E-state index in [1.807, 2.05) is 6.07 Å². The molecule has 5 heteroatoms. The minimum absolute atomic E-state index is 0.614. The molecule has 2 aromatic carbocycles. The van der Waals surface area contributed by atoms with Crippen molar-refractivity contribution in [1.29, 1.82) is 0 Å². The smallest absolute Gasteiger partial charge is 0.181 e. The molecule has 2 unspecified atom stereocenters. The van der Waals surface area contributed by atoms with Crippen LogP contribution < -0.4 is 4.74 Å². The van der Waals surface area contributed by atoms with Gasteiger partial charge in [-0.25, -0.2) is 0 Å². The summed E-state index contributed by atoms with van der Waals surface area (Å²) in [4.78, 5) is 11.7. The Bertz CT molecular complexity index is 583. The van der Waals surface area contributed by atoms with E-state index < -0.39 is 14.3 Å². The van der Waals surface area contributed by atoms with Crippen LogP contribution in [0.4, 0.5) is 0 Å².